The number of carboxylic acids is 1. The van der Waals surface area contributed by atoms with Gasteiger partial charge in [-0.2, -0.15) is 0 Å². The molecule has 1 aliphatic heterocycles. The van der Waals surface area contributed by atoms with Gasteiger partial charge < -0.3 is 14.7 Å². The molecule has 5 nitrogen and oxygen atoms in total. The van der Waals surface area contributed by atoms with Gasteiger partial charge in [-0.15, -0.1) is 0 Å². The highest BCUT2D eigenvalue weighted by Gasteiger charge is 2.62. The minimum Gasteiger partial charge on any atom is -0.478 e. The van der Waals surface area contributed by atoms with Gasteiger partial charge in [-0.1, -0.05) is 12.1 Å². The number of fused-ring (bicyclic) bond motifs is 1. The molecule has 3 rings (SSSR count). The molecule has 2 unspecified atom stereocenters. The van der Waals surface area contributed by atoms with Gasteiger partial charge in [-0.25, -0.2) is 9.59 Å². The molecule has 2 aliphatic rings. The number of rotatable bonds is 2. The van der Waals surface area contributed by atoms with E-state index in [1.165, 1.54) is 0 Å². The number of likely N-dealkylation sites (tertiary alicyclic amines) is 1. The van der Waals surface area contributed by atoms with Gasteiger partial charge in [0, 0.05) is 18.5 Å². The highest BCUT2D eigenvalue weighted by Crippen LogP contribution is 2.59. The Morgan fingerprint density at radius 3 is 2.45 bits per heavy atom. The van der Waals surface area contributed by atoms with Crippen LogP contribution in [0.1, 0.15) is 43.1 Å². The molecule has 2 atom stereocenters. The number of carbonyl (C=O) groups excluding carboxylic acids is 1. The molecule has 1 saturated carbocycles. The number of carboxylic acid groups (broad SMARTS) is 1. The lowest BCUT2D eigenvalue weighted by molar-refractivity contribution is 0.0270. The van der Waals surface area contributed by atoms with Crippen molar-refractivity contribution in [3.63, 3.8) is 0 Å². The molecule has 118 valence electrons. The summed E-state index contributed by atoms with van der Waals surface area (Å²) in [6, 6.07) is 7.03. The second-order valence-corrected chi connectivity index (χ2v) is 7.30. The second-order valence-electron chi connectivity index (χ2n) is 7.30. The van der Waals surface area contributed by atoms with Crippen LogP contribution in [0.4, 0.5) is 4.79 Å². The monoisotopic (exact) mass is 303 g/mol. The molecule has 0 bridgehead atoms. The van der Waals surface area contributed by atoms with Crippen molar-refractivity contribution < 1.29 is 19.4 Å². The van der Waals surface area contributed by atoms with Crippen molar-refractivity contribution in [2.24, 2.45) is 5.92 Å². The van der Waals surface area contributed by atoms with Crippen molar-refractivity contribution in [2.45, 2.75) is 38.2 Å². The van der Waals surface area contributed by atoms with Crippen molar-refractivity contribution in [1.29, 1.82) is 0 Å². The summed E-state index contributed by atoms with van der Waals surface area (Å²) in [7, 11) is 0. The highest BCUT2D eigenvalue weighted by molar-refractivity contribution is 5.87. The van der Waals surface area contributed by atoms with Crippen LogP contribution in [0.2, 0.25) is 0 Å². The number of nitrogens with zero attached hydrogens (tertiary/aromatic N) is 1. The quantitative estimate of drug-likeness (QED) is 0.912. The summed E-state index contributed by atoms with van der Waals surface area (Å²) >= 11 is 0. The number of carbonyl (C=O) groups is 2. The van der Waals surface area contributed by atoms with Crippen LogP contribution < -0.4 is 0 Å². The number of benzene rings is 1. The average molecular weight is 303 g/mol. The van der Waals surface area contributed by atoms with Gasteiger partial charge in [0.05, 0.1) is 5.56 Å². The smallest absolute Gasteiger partial charge is 0.410 e. The maximum absolute atomic E-state index is 12.2. The Morgan fingerprint density at radius 1 is 1.27 bits per heavy atom. The van der Waals surface area contributed by atoms with Gasteiger partial charge in [0.25, 0.3) is 0 Å². The van der Waals surface area contributed by atoms with Gasteiger partial charge in [0.1, 0.15) is 5.60 Å². The Balaban J connectivity index is 1.72. The third-order valence-electron chi connectivity index (χ3n) is 4.50. The van der Waals surface area contributed by atoms with Crippen molar-refractivity contribution in [2.75, 3.05) is 13.1 Å². The Labute approximate surface area is 129 Å². The number of aromatic carboxylic acids is 1. The van der Waals surface area contributed by atoms with Crippen LogP contribution in [0.5, 0.6) is 0 Å². The summed E-state index contributed by atoms with van der Waals surface area (Å²) in [4.78, 5) is 24.9. The highest BCUT2D eigenvalue weighted by atomic mass is 16.6. The standard InChI is InChI=1S/C17H21NO4/c1-16(2,3)22-15(21)18-9-13-8-17(13,10-18)12-6-4-11(5-7-12)14(19)20/h4-7,13H,8-10H2,1-3H3,(H,19,20). The molecule has 2 fully saturated rings. The van der Waals surface area contributed by atoms with E-state index in [-0.39, 0.29) is 11.5 Å². The first-order valence-corrected chi connectivity index (χ1v) is 7.53. The van der Waals surface area contributed by atoms with Gasteiger partial charge in [0.15, 0.2) is 0 Å². The lowest BCUT2D eigenvalue weighted by Gasteiger charge is -2.26. The topological polar surface area (TPSA) is 66.8 Å². The molecule has 0 radical (unpaired) electrons. The fourth-order valence-electron chi connectivity index (χ4n) is 3.34. The molecular formula is C17H21NO4. The zero-order valence-corrected chi connectivity index (χ0v) is 13.1. The Hall–Kier alpha value is -2.04. The largest absolute Gasteiger partial charge is 0.478 e. The van der Waals surface area contributed by atoms with E-state index in [1.54, 1.807) is 17.0 Å². The number of amides is 1. The van der Waals surface area contributed by atoms with Crippen molar-refractivity contribution in [1.82, 2.24) is 4.90 Å². The molecule has 0 spiro atoms. The van der Waals surface area contributed by atoms with E-state index in [0.717, 1.165) is 18.5 Å². The van der Waals surface area contributed by atoms with Gasteiger partial charge in [-0.05, 0) is 50.8 Å². The summed E-state index contributed by atoms with van der Waals surface area (Å²) < 4.78 is 5.43. The van der Waals surface area contributed by atoms with E-state index in [1.807, 2.05) is 32.9 Å². The molecule has 0 aromatic heterocycles. The third-order valence-corrected chi connectivity index (χ3v) is 4.50. The molecule has 1 N–H and O–H groups in total. The Morgan fingerprint density at radius 2 is 1.91 bits per heavy atom. The maximum Gasteiger partial charge on any atom is 0.410 e. The van der Waals surface area contributed by atoms with Crippen LogP contribution in [0.25, 0.3) is 0 Å². The van der Waals surface area contributed by atoms with E-state index in [9.17, 15) is 9.59 Å². The van der Waals surface area contributed by atoms with Crippen LogP contribution in [0.3, 0.4) is 0 Å². The summed E-state index contributed by atoms with van der Waals surface area (Å²) in [6.07, 6.45) is 0.792. The lowest BCUT2D eigenvalue weighted by Crippen LogP contribution is -2.37. The van der Waals surface area contributed by atoms with E-state index in [4.69, 9.17) is 9.84 Å². The molecular weight excluding hydrogens is 282 g/mol. The number of piperidine rings is 1. The summed E-state index contributed by atoms with van der Waals surface area (Å²) in [6.45, 7) is 6.96. The Bertz CT molecular complexity index is 617. The third kappa shape index (κ3) is 2.56. The predicted octanol–water partition coefficient (Wildman–Crippen LogP) is 2.89. The summed E-state index contributed by atoms with van der Waals surface area (Å²) in [5, 5.41) is 8.97. The van der Waals surface area contributed by atoms with Crippen LogP contribution in [0, 0.1) is 5.92 Å². The zero-order valence-electron chi connectivity index (χ0n) is 13.1. The fourth-order valence-corrected chi connectivity index (χ4v) is 3.34. The Kier molecular flexibility index (Phi) is 3.20. The number of hydrogen-bond donors (Lipinski definition) is 1. The number of hydrogen-bond acceptors (Lipinski definition) is 3. The number of ether oxygens (including phenoxy) is 1. The maximum atomic E-state index is 12.2. The molecule has 1 aromatic rings. The van der Waals surface area contributed by atoms with Crippen LogP contribution in [-0.2, 0) is 10.2 Å². The van der Waals surface area contributed by atoms with Gasteiger partial charge in [-0.3, -0.25) is 0 Å². The average Bonchev–Trinajstić information content (AvgIpc) is 2.99. The van der Waals surface area contributed by atoms with E-state index < -0.39 is 11.6 Å². The van der Waals surface area contributed by atoms with Crippen molar-refractivity contribution in [3.05, 3.63) is 35.4 Å². The van der Waals surface area contributed by atoms with Crippen molar-refractivity contribution >= 4 is 12.1 Å². The first-order valence-electron chi connectivity index (χ1n) is 7.53. The van der Waals surface area contributed by atoms with Gasteiger partial charge >= 0.3 is 12.1 Å². The minimum absolute atomic E-state index is 0.00601. The summed E-state index contributed by atoms with van der Waals surface area (Å²) in [5.41, 5.74) is 0.918. The molecule has 1 aromatic carbocycles. The first kappa shape index (κ1) is 14.9. The lowest BCUT2D eigenvalue weighted by atomic mass is 9.94. The second kappa shape index (κ2) is 4.73. The molecule has 1 heterocycles. The molecule has 1 saturated heterocycles. The minimum atomic E-state index is -0.918. The molecule has 22 heavy (non-hydrogen) atoms. The normalized spacial score (nSPS) is 26.5. The fraction of sp³-hybridized carbons (Fsp3) is 0.529. The van der Waals surface area contributed by atoms with Gasteiger partial charge in [0.2, 0.25) is 0 Å². The predicted molar refractivity (Wildman–Crippen MR) is 81.0 cm³/mol. The summed E-state index contributed by atoms with van der Waals surface area (Å²) in [5.74, 6) is -0.464. The molecule has 1 amide bonds. The van der Waals surface area contributed by atoms with Crippen molar-refractivity contribution in [3.8, 4) is 0 Å². The molecule has 1 aliphatic carbocycles. The van der Waals surface area contributed by atoms with E-state index in [2.05, 4.69) is 0 Å². The SMILES string of the molecule is CC(C)(C)OC(=O)N1CC2CC2(c2ccc(C(=O)O)cc2)C1. The van der Waals surface area contributed by atoms with Crippen LogP contribution in [0.15, 0.2) is 24.3 Å². The van der Waals surface area contributed by atoms with E-state index in [0.29, 0.717) is 18.0 Å². The van der Waals surface area contributed by atoms with Crippen LogP contribution >= 0.6 is 0 Å². The zero-order chi connectivity index (χ0) is 16.1. The van der Waals surface area contributed by atoms with Crippen LogP contribution in [-0.4, -0.2) is 40.8 Å². The first-order chi connectivity index (χ1) is 10.2. The molecule has 5 heteroatoms. The van der Waals surface area contributed by atoms with E-state index >= 15 is 0 Å².